The average Bonchev–Trinajstić information content (AvgIpc) is 2.80. The molecule has 7 heteroatoms. The van der Waals surface area contributed by atoms with Gasteiger partial charge in [0.2, 0.25) is 0 Å². The van der Waals surface area contributed by atoms with Gasteiger partial charge in [-0.3, -0.25) is 4.79 Å². The Labute approximate surface area is 118 Å². The number of nitrogens with zero attached hydrogens (tertiary/aromatic N) is 5. The summed E-state index contributed by atoms with van der Waals surface area (Å²) in [6.45, 7) is 6.87. The number of carbonyl (C=O) groups is 1. The van der Waals surface area contributed by atoms with Crippen LogP contribution in [0, 0.1) is 17.2 Å². The van der Waals surface area contributed by atoms with Crippen LogP contribution in [-0.2, 0) is 0 Å². The second-order valence-electron chi connectivity index (χ2n) is 5.45. The van der Waals surface area contributed by atoms with Crippen LogP contribution in [0.25, 0.3) is 0 Å². The van der Waals surface area contributed by atoms with Crippen molar-refractivity contribution >= 4 is 5.91 Å². The minimum absolute atomic E-state index is 0.146. The number of nitrogens with one attached hydrogen (secondary N) is 1. The van der Waals surface area contributed by atoms with Crippen molar-refractivity contribution in [3.8, 4) is 6.07 Å². The van der Waals surface area contributed by atoms with Gasteiger partial charge in [0.1, 0.15) is 0 Å². The highest BCUT2D eigenvalue weighted by Gasteiger charge is 2.24. The Kier molecular flexibility index (Phi) is 4.69. The largest absolute Gasteiger partial charge is 0.336 e. The number of amides is 1. The third-order valence-corrected chi connectivity index (χ3v) is 3.23. The quantitative estimate of drug-likeness (QED) is 0.814. The van der Waals surface area contributed by atoms with Gasteiger partial charge in [-0.2, -0.15) is 5.26 Å². The van der Waals surface area contributed by atoms with Gasteiger partial charge in [-0.25, -0.2) is 4.68 Å². The fraction of sp³-hybridized carbons (Fsp3) is 0.692. The summed E-state index contributed by atoms with van der Waals surface area (Å²) in [4.78, 5) is 14.1. The van der Waals surface area contributed by atoms with Crippen molar-refractivity contribution in [2.24, 2.45) is 5.92 Å². The van der Waals surface area contributed by atoms with Crippen LogP contribution < -0.4 is 5.32 Å². The number of hydrogen-bond donors (Lipinski definition) is 1. The highest BCUT2D eigenvalue weighted by molar-refractivity contribution is 5.91. The Hall–Kier alpha value is -1.94. The first kappa shape index (κ1) is 14.5. The van der Waals surface area contributed by atoms with Crippen LogP contribution >= 0.6 is 0 Å². The smallest absolute Gasteiger partial charge is 0.276 e. The molecule has 0 bridgehead atoms. The van der Waals surface area contributed by atoms with E-state index in [4.69, 9.17) is 5.26 Å². The van der Waals surface area contributed by atoms with Gasteiger partial charge in [0, 0.05) is 26.2 Å². The highest BCUT2D eigenvalue weighted by Crippen LogP contribution is 2.12. The Balaban J connectivity index is 2.05. The molecule has 0 aliphatic carbocycles. The molecule has 0 spiro atoms. The van der Waals surface area contributed by atoms with E-state index in [0.29, 0.717) is 37.2 Å². The van der Waals surface area contributed by atoms with Crippen LogP contribution in [0.15, 0.2) is 6.20 Å². The van der Waals surface area contributed by atoms with Crippen LogP contribution in [0.2, 0.25) is 0 Å². The van der Waals surface area contributed by atoms with Gasteiger partial charge in [-0.05, 0) is 5.92 Å². The van der Waals surface area contributed by atoms with Crippen molar-refractivity contribution in [2.45, 2.75) is 26.3 Å². The number of nitriles is 1. The molecule has 0 radical (unpaired) electrons. The molecular weight excluding hydrogens is 256 g/mol. The molecule has 1 saturated heterocycles. The summed E-state index contributed by atoms with van der Waals surface area (Å²) < 4.78 is 1.74. The lowest BCUT2D eigenvalue weighted by Gasteiger charge is -2.26. The van der Waals surface area contributed by atoms with E-state index < -0.39 is 0 Å². The molecule has 1 aliphatic heterocycles. The Morgan fingerprint density at radius 3 is 2.95 bits per heavy atom. The summed E-state index contributed by atoms with van der Waals surface area (Å²) in [6, 6.07) is 2.37. The predicted octanol–water partition coefficient (Wildman–Crippen LogP) is 0.434. The summed E-state index contributed by atoms with van der Waals surface area (Å²) in [6.07, 6.45) is 2.03. The molecule has 0 unspecified atom stereocenters. The Morgan fingerprint density at radius 2 is 2.40 bits per heavy atom. The van der Waals surface area contributed by atoms with Crippen LogP contribution in [0.4, 0.5) is 0 Å². The standard InChI is InChI=1S/C13H20N6O/c1-10(2)8-18(5-3-4-14)13(20)12-9-19(17-16-12)11-6-15-7-11/h9-11,15H,3,5-8H2,1-2H3. The SMILES string of the molecule is CC(C)CN(CCC#N)C(=O)c1cn(C2CNC2)nn1. The minimum atomic E-state index is -0.146. The van der Waals surface area contributed by atoms with Gasteiger partial charge in [0.05, 0.1) is 24.7 Å². The molecule has 0 aromatic carbocycles. The first-order chi connectivity index (χ1) is 9.61. The van der Waals surface area contributed by atoms with Gasteiger partial charge in [0.25, 0.3) is 5.91 Å². The number of rotatable bonds is 6. The van der Waals surface area contributed by atoms with E-state index in [1.165, 1.54) is 0 Å². The van der Waals surface area contributed by atoms with Crippen molar-refractivity contribution in [2.75, 3.05) is 26.2 Å². The highest BCUT2D eigenvalue weighted by atomic mass is 16.2. The average molecular weight is 276 g/mol. The Bertz CT molecular complexity index is 499. The van der Waals surface area contributed by atoms with Crippen LogP contribution in [-0.4, -0.2) is 52.0 Å². The van der Waals surface area contributed by atoms with E-state index >= 15 is 0 Å². The van der Waals surface area contributed by atoms with E-state index in [1.54, 1.807) is 15.8 Å². The first-order valence-corrected chi connectivity index (χ1v) is 6.90. The molecule has 0 atom stereocenters. The van der Waals surface area contributed by atoms with Crippen molar-refractivity contribution in [3.63, 3.8) is 0 Å². The van der Waals surface area contributed by atoms with E-state index in [-0.39, 0.29) is 5.91 Å². The van der Waals surface area contributed by atoms with Crippen LogP contribution in [0.1, 0.15) is 36.8 Å². The lowest BCUT2D eigenvalue weighted by Crippen LogP contribution is -2.43. The number of hydrogen-bond acceptors (Lipinski definition) is 5. The summed E-state index contributed by atoms with van der Waals surface area (Å²) >= 11 is 0. The zero-order valence-electron chi connectivity index (χ0n) is 11.9. The molecule has 1 amide bonds. The van der Waals surface area contributed by atoms with Gasteiger partial charge in [0.15, 0.2) is 5.69 Å². The molecule has 20 heavy (non-hydrogen) atoms. The maximum atomic E-state index is 12.4. The molecule has 7 nitrogen and oxygen atoms in total. The summed E-state index contributed by atoms with van der Waals surface area (Å²) in [5.41, 5.74) is 0.357. The minimum Gasteiger partial charge on any atom is -0.336 e. The van der Waals surface area contributed by atoms with Crippen molar-refractivity contribution in [3.05, 3.63) is 11.9 Å². The second kappa shape index (κ2) is 6.48. The first-order valence-electron chi connectivity index (χ1n) is 6.90. The monoisotopic (exact) mass is 276 g/mol. The predicted molar refractivity (Wildman–Crippen MR) is 72.9 cm³/mol. The summed E-state index contributed by atoms with van der Waals surface area (Å²) in [7, 11) is 0. The van der Waals surface area contributed by atoms with Crippen molar-refractivity contribution in [1.82, 2.24) is 25.2 Å². The lowest BCUT2D eigenvalue weighted by atomic mass is 10.2. The fourth-order valence-electron chi connectivity index (χ4n) is 2.08. The third kappa shape index (κ3) is 3.33. The molecule has 1 aromatic heterocycles. The molecule has 1 fully saturated rings. The van der Waals surface area contributed by atoms with Crippen LogP contribution in [0.5, 0.6) is 0 Å². The maximum Gasteiger partial charge on any atom is 0.276 e. The van der Waals surface area contributed by atoms with Gasteiger partial charge >= 0.3 is 0 Å². The van der Waals surface area contributed by atoms with Gasteiger partial charge in [-0.1, -0.05) is 19.1 Å². The maximum absolute atomic E-state index is 12.4. The van der Waals surface area contributed by atoms with E-state index in [0.717, 1.165) is 13.1 Å². The normalized spacial score (nSPS) is 14.9. The number of aromatic nitrogens is 3. The number of carbonyl (C=O) groups excluding carboxylic acids is 1. The van der Waals surface area contributed by atoms with Gasteiger partial charge in [-0.15, -0.1) is 5.10 Å². The molecule has 1 aromatic rings. The van der Waals surface area contributed by atoms with E-state index in [9.17, 15) is 4.79 Å². The van der Waals surface area contributed by atoms with E-state index in [2.05, 4.69) is 21.7 Å². The molecule has 108 valence electrons. The van der Waals surface area contributed by atoms with Crippen molar-refractivity contribution in [1.29, 1.82) is 5.26 Å². The van der Waals surface area contributed by atoms with Crippen molar-refractivity contribution < 1.29 is 4.79 Å². The molecule has 1 N–H and O–H groups in total. The Morgan fingerprint density at radius 1 is 1.65 bits per heavy atom. The molecular formula is C13H20N6O. The molecule has 2 heterocycles. The summed E-state index contributed by atoms with van der Waals surface area (Å²) in [5.74, 6) is 0.205. The molecule has 1 aliphatic rings. The summed E-state index contributed by atoms with van der Waals surface area (Å²) in [5, 5.41) is 19.8. The molecule has 2 rings (SSSR count). The lowest BCUT2D eigenvalue weighted by molar-refractivity contribution is 0.0734. The van der Waals surface area contributed by atoms with E-state index in [1.807, 2.05) is 13.8 Å². The zero-order valence-corrected chi connectivity index (χ0v) is 11.9. The van der Waals surface area contributed by atoms with Gasteiger partial charge < -0.3 is 10.2 Å². The van der Waals surface area contributed by atoms with Crippen LogP contribution in [0.3, 0.4) is 0 Å². The fourth-order valence-corrected chi connectivity index (χ4v) is 2.08. The molecule has 0 saturated carbocycles. The second-order valence-corrected chi connectivity index (χ2v) is 5.45. The topological polar surface area (TPSA) is 86.8 Å². The zero-order chi connectivity index (χ0) is 14.5. The third-order valence-electron chi connectivity index (χ3n) is 3.23.